The van der Waals surface area contributed by atoms with Crippen LogP contribution in [-0.2, 0) is 9.59 Å². The molecule has 1 N–H and O–H groups in total. The standard InChI is InChI=1S/C23H13ClF3N3O3/c24-21-7-14(5-6-29-21)33-20-9-17(26)19(8-18(20)27)30-23(32)16-11-28-10-15(22(16)31)12-1-3-13(25)4-2-12/h1-11,15H,(H,30,32). The number of nitrogens with one attached hydrogen (secondary N) is 1. The number of ketones is 1. The molecule has 0 saturated heterocycles. The average Bonchev–Trinajstić information content (AvgIpc) is 2.78. The maximum absolute atomic E-state index is 14.5. The summed E-state index contributed by atoms with van der Waals surface area (Å²) in [4.78, 5) is 33.0. The van der Waals surface area contributed by atoms with Gasteiger partial charge in [0.25, 0.3) is 5.91 Å². The second-order valence-corrected chi connectivity index (χ2v) is 7.25. The van der Waals surface area contributed by atoms with Gasteiger partial charge in [0.2, 0.25) is 0 Å². The number of aliphatic imine (C=N–C) groups is 1. The maximum atomic E-state index is 14.5. The molecule has 10 heteroatoms. The van der Waals surface area contributed by atoms with Crippen molar-refractivity contribution in [3.63, 3.8) is 0 Å². The minimum Gasteiger partial charge on any atom is -0.454 e. The maximum Gasteiger partial charge on any atom is 0.260 e. The van der Waals surface area contributed by atoms with Crippen LogP contribution in [0.4, 0.5) is 18.9 Å². The van der Waals surface area contributed by atoms with E-state index in [2.05, 4.69) is 15.3 Å². The van der Waals surface area contributed by atoms with Gasteiger partial charge in [-0.2, -0.15) is 0 Å². The number of halogens is 4. The minimum absolute atomic E-state index is 0.101. The summed E-state index contributed by atoms with van der Waals surface area (Å²) in [6.07, 6.45) is 3.66. The summed E-state index contributed by atoms with van der Waals surface area (Å²) in [6.45, 7) is 0. The molecule has 4 rings (SSSR count). The highest BCUT2D eigenvalue weighted by Gasteiger charge is 2.30. The largest absolute Gasteiger partial charge is 0.454 e. The molecule has 1 aliphatic rings. The number of carbonyl (C=O) groups is 2. The number of pyridine rings is 1. The van der Waals surface area contributed by atoms with Crippen LogP contribution in [0.1, 0.15) is 11.5 Å². The third kappa shape index (κ3) is 4.93. The molecule has 3 aromatic rings. The van der Waals surface area contributed by atoms with E-state index in [4.69, 9.17) is 16.3 Å². The summed E-state index contributed by atoms with van der Waals surface area (Å²) in [5, 5.41) is 2.27. The zero-order chi connectivity index (χ0) is 23.5. The van der Waals surface area contributed by atoms with E-state index in [1.165, 1.54) is 48.8 Å². The molecule has 1 unspecified atom stereocenters. The van der Waals surface area contributed by atoms with Crippen LogP contribution in [0.3, 0.4) is 0 Å². The molecular formula is C23H13ClF3N3O3. The van der Waals surface area contributed by atoms with Crippen molar-refractivity contribution in [2.75, 3.05) is 5.32 Å². The number of amides is 1. The summed E-state index contributed by atoms with van der Waals surface area (Å²) in [6, 6.07) is 9.33. The second-order valence-electron chi connectivity index (χ2n) is 6.87. The first kappa shape index (κ1) is 22.2. The van der Waals surface area contributed by atoms with Gasteiger partial charge in [0.1, 0.15) is 22.3 Å². The van der Waals surface area contributed by atoms with E-state index in [-0.39, 0.29) is 16.5 Å². The van der Waals surface area contributed by atoms with Crippen LogP contribution in [-0.4, -0.2) is 22.9 Å². The van der Waals surface area contributed by atoms with E-state index >= 15 is 0 Å². The number of carbonyl (C=O) groups excluding carboxylic acids is 2. The van der Waals surface area contributed by atoms with Gasteiger partial charge in [0, 0.05) is 36.8 Å². The van der Waals surface area contributed by atoms with Crippen molar-refractivity contribution in [1.29, 1.82) is 0 Å². The Morgan fingerprint density at radius 3 is 2.52 bits per heavy atom. The molecule has 0 saturated carbocycles. The van der Waals surface area contributed by atoms with Gasteiger partial charge in [-0.1, -0.05) is 23.7 Å². The molecule has 1 amide bonds. The van der Waals surface area contributed by atoms with Crippen LogP contribution in [0.25, 0.3) is 0 Å². The number of Topliss-reactive ketones (excluding diaryl/α,β-unsaturated/α-hetero) is 1. The molecule has 2 heterocycles. The SMILES string of the molecule is O=C(Nc1cc(F)c(Oc2ccnc(Cl)c2)cc1F)C1=CN=CC(c2ccc(F)cc2)C1=O. The zero-order valence-electron chi connectivity index (χ0n) is 16.6. The Balaban J connectivity index is 1.51. The molecule has 0 fully saturated rings. The van der Waals surface area contributed by atoms with Gasteiger partial charge in [-0.25, -0.2) is 18.2 Å². The highest BCUT2D eigenvalue weighted by atomic mass is 35.5. The van der Waals surface area contributed by atoms with Gasteiger partial charge >= 0.3 is 0 Å². The molecular weight excluding hydrogens is 459 g/mol. The lowest BCUT2D eigenvalue weighted by atomic mass is 9.90. The predicted octanol–water partition coefficient (Wildman–Crippen LogP) is 5.20. The Morgan fingerprint density at radius 2 is 1.79 bits per heavy atom. The van der Waals surface area contributed by atoms with E-state index in [1.807, 2.05) is 0 Å². The summed E-state index contributed by atoms with van der Waals surface area (Å²) >= 11 is 5.74. The smallest absolute Gasteiger partial charge is 0.260 e. The fraction of sp³-hybridized carbons (Fsp3) is 0.0435. The number of hydrogen-bond donors (Lipinski definition) is 1. The fourth-order valence-electron chi connectivity index (χ4n) is 3.05. The molecule has 1 aromatic heterocycles. The Bertz CT molecular complexity index is 1310. The quantitative estimate of drug-likeness (QED) is 0.409. The molecule has 0 radical (unpaired) electrons. The third-order valence-electron chi connectivity index (χ3n) is 4.66. The van der Waals surface area contributed by atoms with Gasteiger partial charge < -0.3 is 10.1 Å². The summed E-state index contributed by atoms with van der Waals surface area (Å²) in [5.41, 5.74) is -0.434. The minimum atomic E-state index is -0.998. The van der Waals surface area contributed by atoms with Crippen molar-refractivity contribution >= 4 is 35.2 Å². The lowest BCUT2D eigenvalue weighted by molar-refractivity contribution is -0.120. The second kappa shape index (κ2) is 9.25. The monoisotopic (exact) mass is 471 g/mol. The Morgan fingerprint density at radius 1 is 1.03 bits per heavy atom. The van der Waals surface area contributed by atoms with E-state index in [1.54, 1.807) is 0 Å². The van der Waals surface area contributed by atoms with Gasteiger partial charge in [0.05, 0.1) is 11.6 Å². The molecule has 1 aliphatic heterocycles. The Kier molecular flexibility index (Phi) is 6.23. The van der Waals surface area contributed by atoms with Gasteiger partial charge in [-0.15, -0.1) is 0 Å². The normalized spacial score (nSPS) is 15.2. The summed E-state index contributed by atoms with van der Waals surface area (Å²) < 4.78 is 47.5. The molecule has 2 aromatic carbocycles. The van der Waals surface area contributed by atoms with Gasteiger partial charge in [-0.05, 0) is 23.8 Å². The van der Waals surface area contributed by atoms with E-state index in [9.17, 15) is 22.8 Å². The highest BCUT2D eigenvalue weighted by Crippen LogP contribution is 2.30. The zero-order valence-corrected chi connectivity index (χ0v) is 17.3. The van der Waals surface area contributed by atoms with Gasteiger partial charge in [-0.3, -0.25) is 14.6 Å². The number of aromatic nitrogens is 1. The number of ether oxygens (including phenoxy) is 1. The van der Waals surface area contributed by atoms with Crippen LogP contribution in [0, 0.1) is 17.5 Å². The molecule has 6 nitrogen and oxygen atoms in total. The van der Waals surface area contributed by atoms with Gasteiger partial charge in [0.15, 0.2) is 23.2 Å². The number of benzene rings is 2. The first-order valence-corrected chi connectivity index (χ1v) is 9.82. The summed E-state index contributed by atoms with van der Waals surface area (Å²) in [5.74, 6) is -5.27. The predicted molar refractivity (Wildman–Crippen MR) is 115 cm³/mol. The fourth-order valence-corrected chi connectivity index (χ4v) is 3.21. The Hall–Kier alpha value is -3.98. The number of anilines is 1. The number of rotatable bonds is 5. The van der Waals surface area contributed by atoms with Crippen LogP contribution < -0.4 is 10.1 Å². The van der Waals surface area contributed by atoms with E-state index in [0.29, 0.717) is 5.56 Å². The average molecular weight is 472 g/mol. The first-order valence-electron chi connectivity index (χ1n) is 9.45. The van der Waals surface area contributed by atoms with Crippen molar-refractivity contribution in [3.05, 3.63) is 94.7 Å². The van der Waals surface area contributed by atoms with E-state index < -0.39 is 46.5 Å². The highest BCUT2D eigenvalue weighted by molar-refractivity contribution is 6.29. The Labute approximate surface area is 190 Å². The molecule has 166 valence electrons. The van der Waals surface area contributed by atoms with Crippen LogP contribution in [0.15, 0.2) is 71.5 Å². The van der Waals surface area contributed by atoms with Crippen LogP contribution in [0.5, 0.6) is 11.5 Å². The van der Waals surface area contributed by atoms with Crippen LogP contribution in [0.2, 0.25) is 5.15 Å². The molecule has 0 aliphatic carbocycles. The first-order chi connectivity index (χ1) is 15.8. The summed E-state index contributed by atoms with van der Waals surface area (Å²) in [7, 11) is 0. The van der Waals surface area contributed by atoms with Crippen molar-refractivity contribution in [1.82, 2.24) is 4.98 Å². The lowest BCUT2D eigenvalue weighted by Gasteiger charge is -2.17. The topological polar surface area (TPSA) is 80.7 Å². The number of nitrogens with zero attached hydrogens (tertiary/aromatic N) is 2. The van der Waals surface area contributed by atoms with Crippen LogP contribution >= 0.6 is 11.6 Å². The molecule has 0 bridgehead atoms. The molecule has 0 spiro atoms. The third-order valence-corrected chi connectivity index (χ3v) is 4.86. The van der Waals surface area contributed by atoms with Crippen molar-refractivity contribution in [2.24, 2.45) is 4.99 Å². The molecule has 33 heavy (non-hydrogen) atoms. The van der Waals surface area contributed by atoms with Crippen molar-refractivity contribution in [2.45, 2.75) is 5.92 Å². The molecule has 1 atom stereocenters. The van der Waals surface area contributed by atoms with E-state index in [0.717, 1.165) is 18.3 Å². The number of hydrogen-bond acceptors (Lipinski definition) is 5. The lowest BCUT2D eigenvalue weighted by Crippen LogP contribution is -2.27. The van der Waals surface area contributed by atoms with Crippen molar-refractivity contribution < 1.29 is 27.5 Å². The van der Waals surface area contributed by atoms with Crippen molar-refractivity contribution in [3.8, 4) is 11.5 Å².